The molecule has 0 aliphatic carbocycles. The second kappa shape index (κ2) is 7.56. The Labute approximate surface area is 151 Å². The van der Waals surface area contributed by atoms with Crippen molar-refractivity contribution in [2.45, 2.75) is 25.8 Å². The minimum Gasteiger partial charge on any atom is -0.340 e. The Balaban J connectivity index is 1.17. The lowest BCUT2D eigenvalue weighted by Gasteiger charge is -2.45. The summed E-state index contributed by atoms with van der Waals surface area (Å²) in [6.07, 6.45) is 6.53. The lowest BCUT2D eigenvalue weighted by molar-refractivity contribution is 0.0562. The molecule has 0 unspecified atom stereocenters. The van der Waals surface area contributed by atoms with Crippen LogP contribution in [0.15, 0.2) is 12.4 Å². The van der Waals surface area contributed by atoms with Crippen molar-refractivity contribution in [1.82, 2.24) is 24.7 Å². The van der Waals surface area contributed by atoms with Gasteiger partial charge in [-0.1, -0.05) is 0 Å². The average Bonchev–Trinajstić information content (AvgIpc) is 2.60. The third-order valence-corrected chi connectivity index (χ3v) is 6.14. The fourth-order valence-electron chi connectivity index (χ4n) is 4.43. The predicted octanol–water partition coefficient (Wildman–Crippen LogP) is 0.933. The summed E-state index contributed by atoms with van der Waals surface area (Å²) in [6, 6.07) is 0.830. The van der Waals surface area contributed by atoms with Crippen LogP contribution in [0, 0.1) is 12.8 Å². The number of aromatic nitrogens is 2. The molecule has 3 fully saturated rings. The predicted molar refractivity (Wildman–Crippen MR) is 101 cm³/mol. The molecule has 0 spiro atoms. The Morgan fingerprint density at radius 1 is 0.960 bits per heavy atom. The van der Waals surface area contributed by atoms with E-state index in [0.29, 0.717) is 0 Å². The van der Waals surface area contributed by atoms with E-state index in [1.807, 2.05) is 19.3 Å². The zero-order valence-corrected chi connectivity index (χ0v) is 15.8. The van der Waals surface area contributed by atoms with Gasteiger partial charge in [-0.15, -0.1) is 0 Å². The zero-order valence-electron chi connectivity index (χ0n) is 15.8. The van der Waals surface area contributed by atoms with Gasteiger partial charge in [-0.05, 0) is 45.5 Å². The van der Waals surface area contributed by atoms with E-state index < -0.39 is 0 Å². The van der Waals surface area contributed by atoms with Crippen molar-refractivity contribution in [1.29, 1.82) is 0 Å². The van der Waals surface area contributed by atoms with Gasteiger partial charge in [0, 0.05) is 70.2 Å². The van der Waals surface area contributed by atoms with Crippen LogP contribution in [0.4, 0.5) is 5.95 Å². The fourth-order valence-corrected chi connectivity index (χ4v) is 4.43. The molecule has 1 aromatic rings. The molecule has 0 N–H and O–H groups in total. The van der Waals surface area contributed by atoms with Gasteiger partial charge in [0.05, 0.1) is 0 Å². The van der Waals surface area contributed by atoms with Gasteiger partial charge in [0.1, 0.15) is 0 Å². The van der Waals surface area contributed by atoms with Gasteiger partial charge in [-0.25, -0.2) is 9.97 Å². The molecule has 0 saturated carbocycles. The lowest BCUT2D eigenvalue weighted by atomic mass is 9.99. The highest BCUT2D eigenvalue weighted by Gasteiger charge is 2.32. The average molecular weight is 345 g/mol. The second-order valence-corrected chi connectivity index (χ2v) is 8.20. The van der Waals surface area contributed by atoms with E-state index in [9.17, 15) is 0 Å². The summed E-state index contributed by atoms with van der Waals surface area (Å²) in [5.74, 6) is 1.67. The number of nitrogens with zero attached hydrogens (tertiary/aromatic N) is 6. The lowest BCUT2D eigenvalue weighted by Crippen LogP contribution is -2.57. The quantitative estimate of drug-likeness (QED) is 0.809. The highest BCUT2D eigenvalue weighted by atomic mass is 15.3. The molecule has 0 amide bonds. The maximum atomic E-state index is 4.44. The number of aryl methyl sites for hydroxylation is 1. The first-order chi connectivity index (χ1) is 12.2. The summed E-state index contributed by atoms with van der Waals surface area (Å²) in [4.78, 5) is 19.1. The summed E-state index contributed by atoms with van der Waals surface area (Å²) in [5.41, 5.74) is 1.13. The van der Waals surface area contributed by atoms with Gasteiger partial charge in [0.15, 0.2) is 0 Å². The number of hydrogen-bond donors (Lipinski definition) is 0. The normalized spacial score (nSPS) is 25.3. The van der Waals surface area contributed by atoms with E-state index in [0.717, 1.165) is 36.6 Å². The maximum Gasteiger partial charge on any atom is 0.225 e. The van der Waals surface area contributed by atoms with E-state index in [2.05, 4.69) is 36.6 Å². The van der Waals surface area contributed by atoms with Crippen LogP contribution in [0.3, 0.4) is 0 Å². The molecule has 6 heteroatoms. The number of anilines is 1. The third kappa shape index (κ3) is 4.13. The van der Waals surface area contributed by atoms with Crippen LogP contribution in [0.5, 0.6) is 0 Å². The van der Waals surface area contributed by atoms with Crippen molar-refractivity contribution >= 4 is 5.95 Å². The first-order valence-corrected chi connectivity index (χ1v) is 9.86. The topological polar surface area (TPSA) is 38.7 Å². The van der Waals surface area contributed by atoms with Crippen molar-refractivity contribution in [3.8, 4) is 0 Å². The highest BCUT2D eigenvalue weighted by molar-refractivity contribution is 5.34. The van der Waals surface area contributed by atoms with Crippen LogP contribution in [0.25, 0.3) is 0 Å². The molecule has 0 bridgehead atoms. The van der Waals surface area contributed by atoms with Crippen molar-refractivity contribution in [3.05, 3.63) is 18.0 Å². The summed E-state index contributed by atoms with van der Waals surface area (Å²) in [6.45, 7) is 13.0. The van der Waals surface area contributed by atoms with Crippen molar-refractivity contribution in [2.24, 2.45) is 5.92 Å². The molecule has 0 radical (unpaired) electrons. The minimum atomic E-state index is 0.778. The van der Waals surface area contributed by atoms with Crippen LogP contribution in [-0.2, 0) is 0 Å². The molecular weight excluding hydrogens is 312 g/mol. The maximum absolute atomic E-state index is 4.44. The Hall–Kier alpha value is -1.24. The third-order valence-electron chi connectivity index (χ3n) is 6.14. The summed E-state index contributed by atoms with van der Waals surface area (Å²) >= 11 is 0. The molecule has 0 atom stereocenters. The van der Waals surface area contributed by atoms with Gasteiger partial charge >= 0.3 is 0 Å². The standard InChI is InChI=1S/C19H32N6/c1-16-11-20-19(21-12-16)25-14-17(15-25)13-23-7-9-24(10-8-23)18-3-5-22(2)6-4-18/h11-12,17-18H,3-10,13-15H2,1-2H3. The molecule has 3 aliphatic rings. The van der Waals surface area contributed by atoms with Crippen LogP contribution >= 0.6 is 0 Å². The van der Waals surface area contributed by atoms with Gasteiger partial charge in [0.2, 0.25) is 5.95 Å². The first-order valence-electron chi connectivity index (χ1n) is 9.86. The molecule has 4 heterocycles. The van der Waals surface area contributed by atoms with E-state index in [1.54, 1.807) is 0 Å². The molecule has 4 rings (SSSR count). The zero-order chi connectivity index (χ0) is 17.2. The van der Waals surface area contributed by atoms with E-state index in [-0.39, 0.29) is 0 Å². The smallest absolute Gasteiger partial charge is 0.225 e. The molecule has 6 nitrogen and oxygen atoms in total. The van der Waals surface area contributed by atoms with E-state index in [4.69, 9.17) is 0 Å². The minimum absolute atomic E-state index is 0.778. The van der Waals surface area contributed by atoms with E-state index in [1.165, 1.54) is 58.7 Å². The highest BCUT2D eigenvalue weighted by Crippen LogP contribution is 2.23. The van der Waals surface area contributed by atoms with Gasteiger partial charge in [0.25, 0.3) is 0 Å². The number of rotatable bonds is 4. The molecular formula is C19H32N6. The SMILES string of the molecule is Cc1cnc(N2CC(CN3CCN(C4CCN(C)CC4)CC3)C2)nc1. The number of likely N-dealkylation sites (tertiary alicyclic amines) is 1. The van der Waals surface area contributed by atoms with Gasteiger partial charge < -0.3 is 14.7 Å². The summed E-state index contributed by atoms with van der Waals surface area (Å²) < 4.78 is 0. The molecule has 3 aliphatic heterocycles. The molecule has 138 valence electrons. The Morgan fingerprint density at radius 3 is 2.24 bits per heavy atom. The molecule has 0 aromatic carbocycles. The Bertz CT molecular complexity index is 540. The van der Waals surface area contributed by atoms with Crippen LogP contribution in [-0.4, -0.2) is 96.7 Å². The fraction of sp³-hybridized carbons (Fsp3) is 0.789. The van der Waals surface area contributed by atoms with Crippen LogP contribution in [0.1, 0.15) is 18.4 Å². The van der Waals surface area contributed by atoms with Crippen LogP contribution < -0.4 is 4.90 Å². The van der Waals surface area contributed by atoms with Crippen molar-refractivity contribution in [2.75, 3.05) is 70.9 Å². The number of hydrogen-bond acceptors (Lipinski definition) is 6. The van der Waals surface area contributed by atoms with Crippen molar-refractivity contribution < 1.29 is 0 Å². The van der Waals surface area contributed by atoms with E-state index >= 15 is 0 Å². The Kier molecular flexibility index (Phi) is 5.20. The van der Waals surface area contributed by atoms with Gasteiger partial charge in [-0.2, -0.15) is 0 Å². The molecule has 3 saturated heterocycles. The monoisotopic (exact) mass is 344 g/mol. The van der Waals surface area contributed by atoms with Crippen molar-refractivity contribution in [3.63, 3.8) is 0 Å². The van der Waals surface area contributed by atoms with Crippen LogP contribution in [0.2, 0.25) is 0 Å². The largest absolute Gasteiger partial charge is 0.340 e. The molecule has 25 heavy (non-hydrogen) atoms. The van der Waals surface area contributed by atoms with Gasteiger partial charge in [-0.3, -0.25) is 4.90 Å². The molecule has 1 aromatic heterocycles. The first kappa shape index (κ1) is 17.2. The number of piperazine rings is 1. The summed E-state index contributed by atoms with van der Waals surface area (Å²) in [7, 11) is 2.25. The summed E-state index contributed by atoms with van der Waals surface area (Å²) in [5, 5.41) is 0. The Morgan fingerprint density at radius 2 is 1.60 bits per heavy atom. The number of piperidine rings is 1. The second-order valence-electron chi connectivity index (χ2n) is 8.20.